The average molecular weight is 286 g/mol. The SMILES string of the molecule is CC(C)(C)c1cc2c(cc1O)C(C)(C)CC21CCCCC1. The highest BCUT2D eigenvalue weighted by atomic mass is 16.3. The lowest BCUT2D eigenvalue weighted by Gasteiger charge is -2.36. The van der Waals surface area contributed by atoms with Crippen molar-refractivity contribution >= 4 is 0 Å². The van der Waals surface area contributed by atoms with Gasteiger partial charge in [0.05, 0.1) is 0 Å². The van der Waals surface area contributed by atoms with Crippen LogP contribution < -0.4 is 0 Å². The van der Waals surface area contributed by atoms with Crippen LogP contribution in [0.3, 0.4) is 0 Å². The molecular weight excluding hydrogens is 256 g/mol. The third-order valence-corrected chi connectivity index (χ3v) is 5.84. The lowest BCUT2D eigenvalue weighted by atomic mass is 9.68. The number of aromatic hydroxyl groups is 1. The second kappa shape index (κ2) is 4.51. The van der Waals surface area contributed by atoms with E-state index in [2.05, 4.69) is 46.8 Å². The molecule has 116 valence electrons. The molecule has 1 fully saturated rings. The molecular formula is C20H30O. The zero-order valence-electron chi connectivity index (χ0n) is 14.3. The highest BCUT2D eigenvalue weighted by molar-refractivity contribution is 5.54. The number of benzene rings is 1. The molecule has 0 saturated heterocycles. The summed E-state index contributed by atoms with van der Waals surface area (Å²) in [6, 6.07) is 4.43. The molecule has 0 amide bonds. The topological polar surface area (TPSA) is 20.2 Å². The highest BCUT2D eigenvalue weighted by Gasteiger charge is 2.48. The minimum atomic E-state index is 0.00169. The van der Waals surface area contributed by atoms with Crippen molar-refractivity contribution in [2.45, 2.75) is 89.4 Å². The first-order chi connectivity index (χ1) is 9.66. The second-order valence-electron chi connectivity index (χ2n) is 9.07. The van der Waals surface area contributed by atoms with Gasteiger partial charge in [0.2, 0.25) is 0 Å². The molecule has 1 aromatic carbocycles. The maximum Gasteiger partial charge on any atom is 0.119 e. The molecule has 0 aliphatic heterocycles. The zero-order chi connectivity index (χ0) is 15.5. The number of hydrogen-bond donors (Lipinski definition) is 1. The molecule has 0 atom stereocenters. The van der Waals surface area contributed by atoms with Crippen molar-refractivity contribution in [3.63, 3.8) is 0 Å². The molecule has 0 heterocycles. The smallest absolute Gasteiger partial charge is 0.119 e. The number of rotatable bonds is 0. The fourth-order valence-corrected chi connectivity index (χ4v) is 4.90. The van der Waals surface area contributed by atoms with Crippen LogP contribution >= 0.6 is 0 Å². The Bertz CT molecular complexity index is 554. The Morgan fingerprint density at radius 1 is 0.952 bits per heavy atom. The zero-order valence-corrected chi connectivity index (χ0v) is 14.3. The van der Waals surface area contributed by atoms with E-state index < -0.39 is 0 Å². The molecule has 0 aromatic heterocycles. The van der Waals surface area contributed by atoms with Crippen molar-refractivity contribution < 1.29 is 5.11 Å². The molecule has 1 saturated carbocycles. The predicted molar refractivity (Wildman–Crippen MR) is 89.2 cm³/mol. The Morgan fingerprint density at radius 2 is 1.57 bits per heavy atom. The van der Waals surface area contributed by atoms with Crippen LogP contribution in [0.25, 0.3) is 0 Å². The van der Waals surface area contributed by atoms with Crippen molar-refractivity contribution in [2.75, 3.05) is 0 Å². The maximum atomic E-state index is 10.5. The Kier molecular flexibility index (Phi) is 3.21. The lowest BCUT2D eigenvalue weighted by Crippen LogP contribution is -2.28. The monoisotopic (exact) mass is 286 g/mol. The third-order valence-electron chi connectivity index (χ3n) is 5.84. The lowest BCUT2D eigenvalue weighted by molar-refractivity contribution is 0.257. The number of hydrogen-bond acceptors (Lipinski definition) is 1. The van der Waals surface area contributed by atoms with E-state index in [4.69, 9.17) is 0 Å². The van der Waals surface area contributed by atoms with Gasteiger partial charge in [0, 0.05) is 0 Å². The van der Waals surface area contributed by atoms with Crippen LogP contribution in [-0.4, -0.2) is 5.11 Å². The summed E-state index contributed by atoms with van der Waals surface area (Å²) in [5.41, 5.74) is 4.64. The molecule has 2 aliphatic carbocycles. The second-order valence-corrected chi connectivity index (χ2v) is 9.07. The summed E-state index contributed by atoms with van der Waals surface area (Å²) in [6.07, 6.45) is 8.03. The van der Waals surface area contributed by atoms with Gasteiger partial charge in [-0.15, -0.1) is 0 Å². The Labute approximate surface area is 129 Å². The van der Waals surface area contributed by atoms with Crippen molar-refractivity contribution in [3.05, 3.63) is 28.8 Å². The molecule has 1 heteroatoms. The molecule has 2 aliphatic rings. The van der Waals surface area contributed by atoms with Gasteiger partial charge in [-0.1, -0.05) is 59.9 Å². The van der Waals surface area contributed by atoms with Gasteiger partial charge in [-0.3, -0.25) is 0 Å². The van der Waals surface area contributed by atoms with Crippen LogP contribution in [0.15, 0.2) is 12.1 Å². The van der Waals surface area contributed by atoms with Gasteiger partial charge >= 0.3 is 0 Å². The maximum absolute atomic E-state index is 10.5. The van der Waals surface area contributed by atoms with E-state index in [0.717, 1.165) is 5.56 Å². The van der Waals surface area contributed by atoms with Gasteiger partial charge < -0.3 is 5.11 Å². The van der Waals surface area contributed by atoms with Crippen LogP contribution in [0.1, 0.15) is 89.8 Å². The molecule has 3 rings (SSSR count). The number of phenolic OH excluding ortho intramolecular Hbond substituents is 1. The normalized spacial score (nSPS) is 23.3. The summed E-state index contributed by atoms with van der Waals surface area (Å²) in [7, 11) is 0. The van der Waals surface area contributed by atoms with Crippen LogP contribution in [-0.2, 0) is 16.2 Å². The number of fused-ring (bicyclic) bond motifs is 2. The van der Waals surface area contributed by atoms with E-state index in [1.54, 1.807) is 5.56 Å². The van der Waals surface area contributed by atoms with Crippen LogP contribution in [0.2, 0.25) is 0 Å². The van der Waals surface area contributed by atoms with Gasteiger partial charge in [0.15, 0.2) is 0 Å². The van der Waals surface area contributed by atoms with Crippen molar-refractivity contribution in [1.29, 1.82) is 0 Å². The third kappa shape index (κ3) is 2.29. The van der Waals surface area contributed by atoms with Gasteiger partial charge in [-0.2, -0.15) is 0 Å². The first-order valence-corrected chi connectivity index (χ1v) is 8.54. The molecule has 1 nitrogen and oxygen atoms in total. The van der Waals surface area contributed by atoms with E-state index >= 15 is 0 Å². The molecule has 21 heavy (non-hydrogen) atoms. The van der Waals surface area contributed by atoms with E-state index in [1.807, 2.05) is 0 Å². The van der Waals surface area contributed by atoms with Crippen LogP contribution in [0.4, 0.5) is 0 Å². The van der Waals surface area contributed by atoms with E-state index in [0.29, 0.717) is 11.2 Å². The predicted octanol–water partition coefficient (Wildman–Crippen LogP) is 5.57. The molecule has 0 radical (unpaired) electrons. The fourth-order valence-electron chi connectivity index (χ4n) is 4.90. The van der Waals surface area contributed by atoms with Crippen LogP contribution in [0, 0.1) is 0 Å². The largest absolute Gasteiger partial charge is 0.508 e. The van der Waals surface area contributed by atoms with E-state index in [9.17, 15) is 5.11 Å². The summed E-state index contributed by atoms with van der Waals surface area (Å²) in [4.78, 5) is 0. The standard InChI is InChI=1S/C20H30O/c1-18(2,3)16-11-15-14(12-17(16)21)19(4,5)13-20(15)9-7-6-8-10-20/h11-12,21H,6-10,13H2,1-5H3. The highest BCUT2D eigenvalue weighted by Crippen LogP contribution is 2.57. The fraction of sp³-hybridized carbons (Fsp3) is 0.700. The Balaban J connectivity index is 2.19. The van der Waals surface area contributed by atoms with Crippen molar-refractivity contribution in [2.24, 2.45) is 0 Å². The van der Waals surface area contributed by atoms with Crippen molar-refractivity contribution in [3.8, 4) is 5.75 Å². The summed E-state index contributed by atoms with van der Waals surface area (Å²) >= 11 is 0. The van der Waals surface area contributed by atoms with Gasteiger partial charge in [-0.05, 0) is 58.3 Å². The van der Waals surface area contributed by atoms with Crippen molar-refractivity contribution in [1.82, 2.24) is 0 Å². The van der Waals surface area contributed by atoms with E-state index in [1.165, 1.54) is 44.1 Å². The van der Waals surface area contributed by atoms with Gasteiger partial charge in [-0.25, -0.2) is 0 Å². The summed E-state index contributed by atoms with van der Waals surface area (Å²) < 4.78 is 0. The summed E-state index contributed by atoms with van der Waals surface area (Å²) in [5.74, 6) is 0.488. The number of phenols is 1. The summed E-state index contributed by atoms with van der Waals surface area (Å²) in [5, 5.41) is 10.5. The first kappa shape index (κ1) is 14.9. The molecule has 0 bridgehead atoms. The summed E-state index contributed by atoms with van der Waals surface area (Å²) in [6.45, 7) is 11.3. The first-order valence-electron chi connectivity index (χ1n) is 8.54. The Morgan fingerprint density at radius 3 is 2.14 bits per heavy atom. The molecule has 0 unspecified atom stereocenters. The minimum absolute atomic E-state index is 0.00169. The molecule has 1 spiro atoms. The minimum Gasteiger partial charge on any atom is -0.508 e. The average Bonchev–Trinajstić information content (AvgIpc) is 2.56. The van der Waals surface area contributed by atoms with Gasteiger partial charge in [0.1, 0.15) is 5.75 Å². The molecule has 1 N–H and O–H groups in total. The van der Waals surface area contributed by atoms with Gasteiger partial charge in [0.25, 0.3) is 0 Å². The van der Waals surface area contributed by atoms with E-state index in [-0.39, 0.29) is 10.8 Å². The Hall–Kier alpha value is -0.980. The van der Waals surface area contributed by atoms with Crippen LogP contribution in [0.5, 0.6) is 5.75 Å². The quantitative estimate of drug-likeness (QED) is 0.660. The molecule has 1 aromatic rings.